The number of rotatable bonds is 3. The summed E-state index contributed by atoms with van der Waals surface area (Å²) >= 11 is 0. The third-order valence-corrected chi connectivity index (χ3v) is 4.75. The highest BCUT2D eigenvalue weighted by atomic mass is 32.2. The molecule has 0 aromatic heterocycles. The normalized spacial score (nSPS) is 22.1. The van der Waals surface area contributed by atoms with Crippen LogP contribution in [0.5, 0.6) is 0 Å². The first-order valence-electron chi connectivity index (χ1n) is 5.38. The smallest absolute Gasteiger partial charge is 0.214 e. The molecule has 1 atom stereocenters. The second kappa shape index (κ2) is 4.53. The maximum Gasteiger partial charge on any atom is 0.214 e. The third kappa shape index (κ3) is 2.42. The fourth-order valence-electron chi connectivity index (χ4n) is 1.92. The molecule has 2 rings (SSSR count). The van der Waals surface area contributed by atoms with Crippen LogP contribution in [0.25, 0.3) is 0 Å². The Morgan fingerprint density at radius 2 is 2.00 bits per heavy atom. The van der Waals surface area contributed by atoms with E-state index in [0.717, 1.165) is 5.56 Å². The molecule has 1 saturated heterocycles. The first kappa shape index (κ1) is 11.6. The highest BCUT2D eigenvalue weighted by Gasteiger charge is 2.29. The molecule has 1 fully saturated rings. The Kier molecular flexibility index (Phi) is 3.28. The van der Waals surface area contributed by atoms with E-state index in [-0.39, 0.29) is 11.8 Å². The predicted molar refractivity (Wildman–Crippen MR) is 63.3 cm³/mol. The monoisotopic (exact) mass is 240 g/mol. The summed E-state index contributed by atoms with van der Waals surface area (Å²) in [7, 11) is -3.04. The summed E-state index contributed by atoms with van der Waals surface area (Å²) in [5.41, 5.74) is 6.97. The Morgan fingerprint density at radius 3 is 2.56 bits per heavy atom. The molecule has 0 bridgehead atoms. The van der Waals surface area contributed by atoms with Crippen LogP contribution in [0.15, 0.2) is 30.3 Å². The molecule has 1 unspecified atom stereocenters. The Hall–Kier alpha value is -0.910. The van der Waals surface area contributed by atoms with Gasteiger partial charge in [0, 0.05) is 19.1 Å². The van der Waals surface area contributed by atoms with Crippen molar-refractivity contribution in [3.05, 3.63) is 35.9 Å². The summed E-state index contributed by atoms with van der Waals surface area (Å²) in [6, 6.07) is 9.35. The fourth-order valence-corrected chi connectivity index (χ4v) is 3.47. The molecule has 1 aromatic rings. The van der Waals surface area contributed by atoms with Gasteiger partial charge < -0.3 is 5.73 Å². The van der Waals surface area contributed by atoms with Gasteiger partial charge in [0.25, 0.3) is 0 Å². The van der Waals surface area contributed by atoms with Crippen LogP contribution in [0.1, 0.15) is 18.0 Å². The third-order valence-electron chi connectivity index (χ3n) is 2.83. The standard InChI is InChI=1S/C11H16N2O2S/c12-11(10-5-2-1-3-6-10)9-13-7-4-8-16(13,14)15/h1-3,5-6,11H,4,7-9,12H2. The maximum absolute atomic E-state index is 11.6. The molecule has 2 N–H and O–H groups in total. The molecular formula is C11H16N2O2S. The fraction of sp³-hybridized carbons (Fsp3) is 0.455. The predicted octanol–water partition coefficient (Wildman–Crippen LogP) is 0.722. The van der Waals surface area contributed by atoms with Gasteiger partial charge in [0.2, 0.25) is 10.0 Å². The molecule has 5 heteroatoms. The summed E-state index contributed by atoms with van der Waals surface area (Å²) < 4.78 is 24.7. The zero-order valence-corrected chi connectivity index (χ0v) is 9.86. The summed E-state index contributed by atoms with van der Waals surface area (Å²) in [4.78, 5) is 0. The number of hydrogen-bond acceptors (Lipinski definition) is 3. The molecule has 0 aliphatic carbocycles. The van der Waals surface area contributed by atoms with E-state index in [9.17, 15) is 8.42 Å². The Morgan fingerprint density at radius 1 is 1.31 bits per heavy atom. The molecule has 0 radical (unpaired) electrons. The van der Waals surface area contributed by atoms with Crippen molar-refractivity contribution >= 4 is 10.0 Å². The van der Waals surface area contributed by atoms with Crippen molar-refractivity contribution in [2.75, 3.05) is 18.8 Å². The van der Waals surface area contributed by atoms with Gasteiger partial charge >= 0.3 is 0 Å². The molecule has 1 aliphatic heterocycles. The Balaban J connectivity index is 2.06. The van der Waals surface area contributed by atoms with E-state index in [1.807, 2.05) is 30.3 Å². The summed E-state index contributed by atoms with van der Waals surface area (Å²) in [6.07, 6.45) is 0.712. The minimum atomic E-state index is -3.04. The van der Waals surface area contributed by atoms with Crippen molar-refractivity contribution < 1.29 is 8.42 Å². The number of hydrogen-bond donors (Lipinski definition) is 1. The van der Waals surface area contributed by atoms with Crippen LogP contribution in [-0.4, -0.2) is 31.6 Å². The lowest BCUT2D eigenvalue weighted by atomic mass is 10.1. The Bertz CT molecular complexity index is 444. The molecule has 88 valence electrons. The molecule has 1 heterocycles. The zero-order chi connectivity index (χ0) is 11.6. The Labute approximate surface area is 96.1 Å². The molecule has 4 nitrogen and oxygen atoms in total. The van der Waals surface area contributed by atoms with Crippen LogP contribution >= 0.6 is 0 Å². The topological polar surface area (TPSA) is 63.4 Å². The van der Waals surface area contributed by atoms with E-state index in [2.05, 4.69) is 0 Å². The summed E-state index contributed by atoms with van der Waals surface area (Å²) in [6.45, 7) is 0.981. The quantitative estimate of drug-likeness (QED) is 0.847. The number of nitrogens with two attached hydrogens (primary N) is 1. The van der Waals surface area contributed by atoms with Crippen LogP contribution in [0.4, 0.5) is 0 Å². The lowest BCUT2D eigenvalue weighted by molar-refractivity contribution is 0.414. The van der Waals surface area contributed by atoms with Crippen molar-refractivity contribution in [1.82, 2.24) is 4.31 Å². The van der Waals surface area contributed by atoms with Crippen LogP contribution < -0.4 is 5.73 Å². The zero-order valence-electron chi connectivity index (χ0n) is 9.04. The van der Waals surface area contributed by atoms with Gasteiger partial charge in [0.15, 0.2) is 0 Å². The average Bonchev–Trinajstić information content (AvgIpc) is 2.59. The van der Waals surface area contributed by atoms with E-state index < -0.39 is 10.0 Å². The molecule has 1 aromatic carbocycles. The number of sulfonamides is 1. The highest BCUT2D eigenvalue weighted by molar-refractivity contribution is 7.89. The summed E-state index contributed by atoms with van der Waals surface area (Å²) in [5.74, 6) is 0.258. The van der Waals surface area contributed by atoms with Crippen molar-refractivity contribution in [1.29, 1.82) is 0 Å². The van der Waals surface area contributed by atoms with Gasteiger partial charge in [0.05, 0.1) is 5.75 Å². The minimum Gasteiger partial charge on any atom is -0.323 e. The van der Waals surface area contributed by atoms with E-state index in [4.69, 9.17) is 5.73 Å². The van der Waals surface area contributed by atoms with Crippen LogP contribution in [0, 0.1) is 0 Å². The van der Waals surface area contributed by atoms with E-state index in [0.29, 0.717) is 19.5 Å². The van der Waals surface area contributed by atoms with Gasteiger partial charge in [0.1, 0.15) is 0 Å². The molecule has 0 amide bonds. The molecule has 16 heavy (non-hydrogen) atoms. The SMILES string of the molecule is NC(CN1CCCS1(=O)=O)c1ccccc1. The van der Waals surface area contributed by atoms with Gasteiger partial charge in [-0.15, -0.1) is 0 Å². The summed E-state index contributed by atoms with van der Waals surface area (Å²) in [5, 5.41) is 0. The minimum absolute atomic E-state index is 0.242. The van der Waals surface area contributed by atoms with Crippen LogP contribution in [-0.2, 0) is 10.0 Å². The molecular weight excluding hydrogens is 224 g/mol. The largest absolute Gasteiger partial charge is 0.323 e. The lowest BCUT2D eigenvalue weighted by Crippen LogP contribution is -2.33. The second-order valence-electron chi connectivity index (χ2n) is 4.04. The van der Waals surface area contributed by atoms with Gasteiger partial charge in [-0.2, -0.15) is 4.31 Å². The molecule has 1 aliphatic rings. The first-order valence-corrected chi connectivity index (χ1v) is 6.99. The highest BCUT2D eigenvalue weighted by Crippen LogP contribution is 2.18. The second-order valence-corrected chi connectivity index (χ2v) is 6.13. The van der Waals surface area contributed by atoms with Crippen molar-refractivity contribution in [2.24, 2.45) is 5.73 Å². The van der Waals surface area contributed by atoms with Crippen molar-refractivity contribution in [3.8, 4) is 0 Å². The van der Waals surface area contributed by atoms with E-state index >= 15 is 0 Å². The van der Waals surface area contributed by atoms with Crippen LogP contribution in [0.3, 0.4) is 0 Å². The number of nitrogens with zero attached hydrogens (tertiary/aromatic N) is 1. The lowest BCUT2D eigenvalue weighted by Gasteiger charge is -2.19. The number of benzene rings is 1. The molecule has 0 spiro atoms. The van der Waals surface area contributed by atoms with Gasteiger partial charge in [-0.05, 0) is 12.0 Å². The van der Waals surface area contributed by atoms with Gasteiger partial charge in [-0.1, -0.05) is 30.3 Å². The molecule has 0 saturated carbocycles. The van der Waals surface area contributed by atoms with Gasteiger partial charge in [-0.3, -0.25) is 0 Å². The van der Waals surface area contributed by atoms with E-state index in [1.54, 1.807) is 0 Å². The van der Waals surface area contributed by atoms with Crippen LogP contribution in [0.2, 0.25) is 0 Å². The van der Waals surface area contributed by atoms with Gasteiger partial charge in [-0.25, -0.2) is 8.42 Å². The van der Waals surface area contributed by atoms with Crippen molar-refractivity contribution in [3.63, 3.8) is 0 Å². The first-order chi connectivity index (χ1) is 7.59. The van der Waals surface area contributed by atoms with Crippen molar-refractivity contribution in [2.45, 2.75) is 12.5 Å². The average molecular weight is 240 g/mol. The maximum atomic E-state index is 11.6. The van der Waals surface area contributed by atoms with E-state index in [1.165, 1.54) is 4.31 Å².